The van der Waals surface area contributed by atoms with Crippen molar-refractivity contribution in [2.45, 2.75) is 25.9 Å². The average Bonchev–Trinajstić information content (AvgIpc) is 2.67. The second-order valence-corrected chi connectivity index (χ2v) is 7.83. The number of hydrogen-bond donors (Lipinski definition) is 0. The van der Waals surface area contributed by atoms with Gasteiger partial charge in [-0.05, 0) is 13.8 Å². The van der Waals surface area contributed by atoms with Crippen molar-refractivity contribution in [3.63, 3.8) is 0 Å². The van der Waals surface area contributed by atoms with Gasteiger partial charge in [-0.1, -0.05) is 60.7 Å². The minimum absolute atomic E-state index is 0.120. The summed E-state index contributed by atoms with van der Waals surface area (Å²) in [5, 5.41) is 0. The zero-order valence-corrected chi connectivity index (χ0v) is 15.9. The van der Waals surface area contributed by atoms with Gasteiger partial charge in [-0.3, -0.25) is 14.2 Å². The smallest absolute Gasteiger partial charge is 0.308 e. The average molecular weight is 374 g/mol. The molecule has 2 rings (SSSR count). The Bertz CT molecular complexity index is 763. The zero-order chi connectivity index (χ0) is 19.0. The van der Waals surface area contributed by atoms with Gasteiger partial charge in [0, 0.05) is 17.5 Å². The van der Waals surface area contributed by atoms with Crippen LogP contribution in [-0.2, 0) is 13.6 Å². The van der Waals surface area contributed by atoms with Crippen LogP contribution in [-0.4, -0.2) is 30.4 Å². The van der Waals surface area contributed by atoms with Gasteiger partial charge < -0.3 is 9.05 Å². The summed E-state index contributed by atoms with van der Waals surface area (Å²) >= 11 is 0. The van der Waals surface area contributed by atoms with Gasteiger partial charge in [0.2, 0.25) is 0 Å². The largest absolute Gasteiger partial charge is 0.341 e. The fourth-order valence-electron chi connectivity index (χ4n) is 2.64. The van der Waals surface area contributed by atoms with Crippen molar-refractivity contribution in [2.24, 2.45) is 0 Å². The van der Waals surface area contributed by atoms with Crippen LogP contribution >= 0.6 is 7.60 Å². The first-order chi connectivity index (χ1) is 12.5. The fourth-order valence-corrected chi connectivity index (χ4v) is 4.62. The summed E-state index contributed by atoms with van der Waals surface area (Å²) in [4.78, 5) is 25.7. The first-order valence-electron chi connectivity index (χ1n) is 8.58. The van der Waals surface area contributed by atoms with Gasteiger partial charge in [-0.15, -0.1) is 0 Å². The molecule has 0 saturated carbocycles. The van der Waals surface area contributed by atoms with Crippen molar-refractivity contribution in [2.75, 3.05) is 13.2 Å². The molecule has 2 aromatic rings. The third-order valence-corrected chi connectivity index (χ3v) is 6.25. The van der Waals surface area contributed by atoms with Gasteiger partial charge in [-0.2, -0.15) is 0 Å². The molecule has 0 N–H and O–H groups in total. The summed E-state index contributed by atoms with van der Waals surface area (Å²) in [5.41, 5.74) is -0.353. The summed E-state index contributed by atoms with van der Waals surface area (Å²) in [5.74, 6) is -0.695. The van der Waals surface area contributed by atoms with E-state index in [1.807, 2.05) is 0 Å². The molecule has 0 aromatic heterocycles. The van der Waals surface area contributed by atoms with Crippen LogP contribution < -0.4 is 0 Å². The summed E-state index contributed by atoms with van der Waals surface area (Å²) in [6, 6.07) is 17.1. The highest BCUT2D eigenvalue weighted by atomic mass is 31.2. The summed E-state index contributed by atoms with van der Waals surface area (Å²) in [6.07, 6.45) is -0.241. The maximum Gasteiger partial charge on any atom is 0.341 e. The quantitative estimate of drug-likeness (QED) is 0.442. The highest BCUT2D eigenvalue weighted by Gasteiger charge is 2.42. The van der Waals surface area contributed by atoms with E-state index in [0.29, 0.717) is 11.1 Å². The number of benzene rings is 2. The molecule has 6 heteroatoms. The molecule has 0 radical (unpaired) electrons. The Labute approximate surface area is 153 Å². The molecule has 1 unspecified atom stereocenters. The monoisotopic (exact) mass is 374 g/mol. The van der Waals surface area contributed by atoms with E-state index >= 15 is 0 Å². The molecule has 0 amide bonds. The molecule has 0 aliphatic rings. The van der Waals surface area contributed by atoms with E-state index in [4.69, 9.17) is 9.05 Å². The standard InChI is InChI=1S/C20H23O5P/c1-3-24-26(23,25-4-2)19(20(22)17-13-9-6-10-14-17)15-18(21)16-11-7-5-8-12-16/h5-14,19H,3-4,15H2,1-2H3. The molecule has 0 bridgehead atoms. The van der Waals surface area contributed by atoms with Crippen LogP contribution in [0.25, 0.3) is 0 Å². The Morgan fingerprint density at radius 2 is 1.31 bits per heavy atom. The van der Waals surface area contributed by atoms with Gasteiger partial charge in [0.15, 0.2) is 11.6 Å². The third-order valence-electron chi connectivity index (χ3n) is 3.84. The Hall–Kier alpha value is -2.07. The highest BCUT2D eigenvalue weighted by Crippen LogP contribution is 2.55. The summed E-state index contributed by atoms with van der Waals surface area (Å²) in [6.45, 7) is 3.59. The van der Waals surface area contributed by atoms with Gasteiger partial charge in [0.05, 0.1) is 13.2 Å². The Kier molecular flexibility index (Phi) is 7.46. The highest BCUT2D eigenvalue weighted by molar-refractivity contribution is 7.55. The molecule has 26 heavy (non-hydrogen) atoms. The minimum atomic E-state index is -3.80. The van der Waals surface area contributed by atoms with Crippen LogP contribution in [0.15, 0.2) is 60.7 Å². The summed E-state index contributed by atoms with van der Waals surface area (Å²) < 4.78 is 24.0. The van der Waals surface area contributed by atoms with Crippen molar-refractivity contribution in [3.05, 3.63) is 71.8 Å². The molecular formula is C20H23O5P. The lowest BCUT2D eigenvalue weighted by Crippen LogP contribution is -2.27. The van der Waals surface area contributed by atoms with Gasteiger partial charge in [-0.25, -0.2) is 0 Å². The van der Waals surface area contributed by atoms with E-state index in [0.717, 1.165) is 0 Å². The van der Waals surface area contributed by atoms with E-state index in [2.05, 4.69) is 0 Å². The molecule has 1 atom stereocenters. The fraction of sp³-hybridized carbons (Fsp3) is 0.300. The molecule has 0 saturated heterocycles. The second-order valence-electron chi connectivity index (χ2n) is 5.61. The predicted octanol–water partition coefficient (Wildman–Crippen LogP) is 4.78. The number of carbonyl (C=O) groups excluding carboxylic acids is 2. The number of Topliss-reactive ketones (excluding diaryl/α,β-unsaturated/α-hetero) is 2. The van der Waals surface area contributed by atoms with Crippen molar-refractivity contribution in [3.8, 4) is 0 Å². The maximum absolute atomic E-state index is 13.3. The molecule has 0 fully saturated rings. The molecule has 0 spiro atoms. The van der Waals surface area contributed by atoms with Gasteiger partial charge in [0.1, 0.15) is 5.66 Å². The lowest BCUT2D eigenvalue weighted by atomic mass is 10.0. The van der Waals surface area contributed by atoms with Crippen molar-refractivity contribution in [1.82, 2.24) is 0 Å². The number of carbonyl (C=O) groups is 2. The van der Waals surface area contributed by atoms with Crippen LogP contribution in [0.1, 0.15) is 41.0 Å². The molecular weight excluding hydrogens is 351 g/mol. The van der Waals surface area contributed by atoms with Crippen molar-refractivity contribution < 1.29 is 23.2 Å². The SMILES string of the molecule is CCOP(=O)(OCC)C(CC(=O)c1ccccc1)C(=O)c1ccccc1. The van der Waals surface area contributed by atoms with Crippen LogP contribution in [0.2, 0.25) is 0 Å². The van der Waals surface area contributed by atoms with E-state index < -0.39 is 19.0 Å². The van der Waals surface area contributed by atoms with Gasteiger partial charge in [0.25, 0.3) is 0 Å². The van der Waals surface area contributed by atoms with E-state index in [9.17, 15) is 14.2 Å². The van der Waals surface area contributed by atoms with Crippen LogP contribution in [0.5, 0.6) is 0 Å². The Morgan fingerprint density at radius 1 is 0.846 bits per heavy atom. The molecule has 2 aromatic carbocycles. The molecule has 5 nitrogen and oxygen atoms in total. The van der Waals surface area contributed by atoms with E-state index in [1.54, 1.807) is 74.5 Å². The van der Waals surface area contributed by atoms with Gasteiger partial charge >= 0.3 is 7.60 Å². The molecule has 138 valence electrons. The van der Waals surface area contributed by atoms with E-state index in [-0.39, 0.29) is 25.4 Å². The van der Waals surface area contributed by atoms with E-state index in [1.165, 1.54) is 0 Å². The molecule has 0 aliphatic carbocycles. The Morgan fingerprint density at radius 3 is 1.77 bits per heavy atom. The van der Waals surface area contributed by atoms with Crippen LogP contribution in [0, 0.1) is 0 Å². The summed E-state index contributed by atoms with van der Waals surface area (Å²) in [7, 11) is -3.80. The first kappa shape index (κ1) is 20.2. The lowest BCUT2D eigenvalue weighted by Gasteiger charge is -2.25. The third kappa shape index (κ3) is 4.98. The second kappa shape index (κ2) is 9.58. The zero-order valence-electron chi connectivity index (χ0n) is 15.0. The predicted molar refractivity (Wildman–Crippen MR) is 101 cm³/mol. The normalized spacial score (nSPS) is 12.5. The van der Waals surface area contributed by atoms with Crippen LogP contribution in [0.3, 0.4) is 0 Å². The minimum Gasteiger partial charge on any atom is -0.308 e. The maximum atomic E-state index is 13.3. The van der Waals surface area contributed by atoms with Crippen molar-refractivity contribution >= 4 is 19.2 Å². The topological polar surface area (TPSA) is 69.7 Å². The lowest BCUT2D eigenvalue weighted by molar-refractivity contribution is 0.0900. The number of rotatable bonds is 10. The van der Waals surface area contributed by atoms with Crippen LogP contribution in [0.4, 0.5) is 0 Å². The first-order valence-corrected chi connectivity index (χ1v) is 10.2. The number of ketones is 2. The number of hydrogen-bond acceptors (Lipinski definition) is 5. The Balaban J connectivity index is 2.39. The molecule has 0 heterocycles. The molecule has 0 aliphatic heterocycles. The van der Waals surface area contributed by atoms with Crippen molar-refractivity contribution in [1.29, 1.82) is 0 Å².